The van der Waals surface area contributed by atoms with Crippen LogP contribution in [0, 0.1) is 0 Å². The first-order valence-corrected chi connectivity index (χ1v) is 4.92. The zero-order valence-corrected chi connectivity index (χ0v) is 8.82. The third-order valence-electron chi connectivity index (χ3n) is 2.72. The van der Waals surface area contributed by atoms with E-state index < -0.39 is 11.9 Å². The highest BCUT2D eigenvalue weighted by Crippen LogP contribution is 2.40. The molecule has 1 aliphatic heterocycles. The van der Waals surface area contributed by atoms with Crippen LogP contribution in [0.1, 0.15) is 20.3 Å². The largest absolute Gasteiger partial charge is 0.465 e. The van der Waals surface area contributed by atoms with E-state index in [-0.39, 0.29) is 18.2 Å². The summed E-state index contributed by atoms with van der Waals surface area (Å²) < 4.78 is 11.3. The van der Waals surface area contributed by atoms with Gasteiger partial charge in [-0.1, -0.05) is 6.58 Å². The number of nitrogens with one attached hydrogen (secondary N) is 1. The number of rotatable bonds is 1. The Balaban J connectivity index is 2.12. The molecule has 3 atom stereocenters. The van der Waals surface area contributed by atoms with Crippen LogP contribution in [0.2, 0.25) is 0 Å². The molecule has 0 aromatic carbocycles. The molecule has 1 saturated carbocycles. The number of carboxylic acid groups (broad SMARTS) is 1. The molecule has 1 aliphatic carbocycles. The van der Waals surface area contributed by atoms with E-state index in [2.05, 4.69) is 11.9 Å². The predicted molar refractivity (Wildman–Crippen MR) is 52.5 cm³/mol. The Kier molecular flexibility index (Phi) is 2.24. The lowest BCUT2D eigenvalue weighted by atomic mass is 10.2. The number of fused-ring (bicyclic) bond motifs is 1. The van der Waals surface area contributed by atoms with Gasteiger partial charge in [-0.3, -0.25) is 0 Å². The summed E-state index contributed by atoms with van der Waals surface area (Å²) in [6, 6.07) is -0.248. The standard InChI is InChI=1S/C10H15NO4/c1-5-4-6(11-9(12)13)8-7(5)14-10(2,3)15-8/h6-8,11H,1,4H2,2-3H3,(H,12,13)/t6-,7-,8+/m1/s1. The number of amides is 1. The fourth-order valence-electron chi connectivity index (χ4n) is 2.21. The van der Waals surface area contributed by atoms with Crippen molar-refractivity contribution < 1.29 is 19.4 Å². The van der Waals surface area contributed by atoms with Gasteiger partial charge in [0.25, 0.3) is 0 Å². The second-order valence-electron chi connectivity index (χ2n) is 4.44. The maximum absolute atomic E-state index is 10.6. The van der Waals surface area contributed by atoms with E-state index in [4.69, 9.17) is 14.6 Å². The molecule has 15 heavy (non-hydrogen) atoms. The molecule has 84 valence electrons. The Bertz CT molecular complexity index is 311. The lowest BCUT2D eigenvalue weighted by Gasteiger charge is -2.21. The average molecular weight is 213 g/mol. The van der Waals surface area contributed by atoms with Crippen LogP contribution in [0.4, 0.5) is 4.79 Å². The molecule has 0 unspecified atom stereocenters. The normalized spacial score (nSPS) is 37.7. The van der Waals surface area contributed by atoms with E-state index in [0.717, 1.165) is 5.57 Å². The van der Waals surface area contributed by atoms with Crippen LogP contribution >= 0.6 is 0 Å². The van der Waals surface area contributed by atoms with Gasteiger partial charge in [-0.05, 0) is 25.8 Å². The molecule has 2 rings (SSSR count). The lowest BCUT2D eigenvalue weighted by molar-refractivity contribution is -0.149. The van der Waals surface area contributed by atoms with Crippen LogP contribution in [0.5, 0.6) is 0 Å². The average Bonchev–Trinajstić information content (AvgIpc) is 2.49. The molecule has 0 spiro atoms. The Labute approximate surface area is 88.1 Å². The molecule has 0 bridgehead atoms. The van der Waals surface area contributed by atoms with Crippen molar-refractivity contribution in [1.29, 1.82) is 0 Å². The molecular weight excluding hydrogens is 198 g/mol. The summed E-state index contributed by atoms with van der Waals surface area (Å²) in [4.78, 5) is 10.6. The van der Waals surface area contributed by atoms with Crippen molar-refractivity contribution in [3.05, 3.63) is 12.2 Å². The van der Waals surface area contributed by atoms with Gasteiger partial charge >= 0.3 is 6.09 Å². The van der Waals surface area contributed by atoms with Gasteiger partial charge in [0.15, 0.2) is 5.79 Å². The Morgan fingerprint density at radius 3 is 2.87 bits per heavy atom. The summed E-state index contributed by atoms with van der Waals surface area (Å²) in [6.45, 7) is 7.51. The highest BCUT2D eigenvalue weighted by atomic mass is 16.8. The second kappa shape index (κ2) is 3.21. The van der Waals surface area contributed by atoms with Gasteiger partial charge < -0.3 is 19.9 Å². The fourth-order valence-corrected chi connectivity index (χ4v) is 2.21. The van der Waals surface area contributed by atoms with Crippen LogP contribution in [-0.2, 0) is 9.47 Å². The second-order valence-corrected chi connectivity index (χ2v) is 4.44. The molecule has 0 aromatic rings. The minimum Gasteiger partial charge on any atom is -0.465 e. The van der Waals surface area contributed by atoms with Gasteiger partial charge in [0.05, 0.1) is 6.04 Å². The van der Waals surface area contributed by atoms with Crippen LogP contribution in [0.25, 0.3) is 0 Å². The van der Waals surface area contributed by atoms with Gasteiger partial charge in [0, 0.05) is 0 Å². The molecule has 5 nitrogen and oxygen atoms in total. The van der Waals surface area contributed by atoms with Crippen molar-refractivity contribution in [2.45, 2.75) is 44.3 Å². The maximum Gasteiger partial charge on any atom is 0.404 e. The number of hydrogen-bond donors (Lipinski definition) is 2. The Hall–Kier alpha value is -1.07. The van der Waals surface area contributed by atoms with Gasteiger partial charge in [0.2, 0.25) is 0 Å². The quantitative estimate of drug-likeness (QED) is 0.640. The summed E-state index contributed by atoms with van der Waals surface area (Å²) in [5.74, 6) is -0.656. The maximum atomic E-state index is 10.6. The molecule has 2 N–H and O–H groups in total. The summed E-state index contributed by atoms with van der Waals surface area (Å²) in [6.07, 6.45) is -0.889. The van der Waals surface area contributed by atoms with Crippen molar-refractivity contribution in [3.8, 4) is 0 Å². The first-order chi connectivity index (χ1) is 6.89. The molecule has 1 heterocycles. The van der Waals surface area contributed by atoms with Crippen molar-refractivity contribution in [1.82, 2.24) is 5.32 Å². The summed E-state index contributed by atoms with van der Waals surface area (Å²) >= 11 is 0. The van der Waals surface area contributed by atoms with Gasteiger partial charge in [-0.2, -0.15) is 0 Å². The van der Waals surface area contributed by atoms with E-state index in [1.807, 2.05) is 13.8 Å². The van der Waals surface area contributed by atoms with Gasteiger partial charge in [-0.25, -0.2) is 4.79 Å². The summed E-state index contributed by atoms with van der Waals surface area (Å²) in [7, 11) is 0. The minimum atomic E-state index is -1.04. The zero-order valence-electron chi connectivity index (χ0n) is 8.82. The molecule has 2 fully saturated rings. The van der Waals surface area contributed by atoms with E-state index in [1.54, 1.807) is 0 Å². The number of ether oxygens (including phenoxy) is 2. The zero-order chi connectivity index (χ0) is 11.2. The number of carbonyl (C=O) groups is 1. The van der Waals surface area contributed by atoms with Crippen molar-refractivity contribution >= 4 is 6.09 Å². The van der Waals surface area contributed by atoms with E-state index >= 15 is 0 Å². The first-order valence-electron chi connectivity index (χ1n) is 4.92. The Morgan fingerprint density at radius 2 is 2.27 bits per heavy atom. The molecule has 5 heteroatoms. The molecular formula is C10H15NO4. The minimum absolute atomic E-state index is 0.183. The fraction of sp³-hybridized carbons (Fsp3) is 0.700. The van der Waals surface area contributed by atoms with Crippen LogP contribution in [0.3, 0.4) is 0 Å². The molecule has 1 saturated heterocycles. The van der Waals surface area contributed by atoms with Crippen molar-refractivity contribution in [2.24, 2.45) is 0 Å². The van der Waals surface area contributed by atoms with Gasteiger partial charge in [-0.15, -0.1) is 0 Å². The molecule has 2 aliphatic rings. The molecule has 1 amide bonds. The third kappa shape index (κ3) is 1.85. The summed E-state index contributed by atoms with van der Waals surface area (Å²) in [5, 5.41) is 11.1. The lowest BCUT2D eigenvalue weighted by Crippen LogP contribution is -2.42. The van der Waals surface area contributed by atoms with Crippen molar-refractivity contribution in [2.75, 3.05) is 0 Å². The number of hydrogen-bond acceptors (Lipinski definition) is 3. The topological polar surface area (TPSA) is 67.8 Å². The van der Waals surface area contributed by atoms with Crippen LogP contribution in [-0.4, -0.2) is 35.2 Å². The van der Waals surface area contributed by atoms with E-state index in [1.165, 1.54) is 0 Å². The van der Waals surface area contributed by atoms with Crippen LogP contribution in [0.15, 0.2) is 12.2 Å². The smallest absolute Gasteiger partial charge is 0.404 e. The Morgan fingerprint density at radius 1 is 1.60 bits per heavy atom. The highest BCUT2D eigenvalue weighted by molar-refractivity contribution is 5.65. The third-order valence-corrected chi connectivity index (χ3v) is 2.72. The molecule has 0 aromatic heterocycles. The molecule has 0 radical (unpaired) electrons. The monoisotopic (exact) mass is 213 g/mol. The highest BCUT2D eigenvalue weighted by Gasteiger charge is 2.51. The van der Waals surface area contributed by atoms with E-state index in [0.29, 0.717) is 6.42 Å². The van der Waals surface area contributed by atoms with Crippen molar-refractivity contribution in [3.63, 3.8) is 0 Å². The summed E-state index contributed by atoms with van der Waals surface area (Å²) in [5.41, 5.74) is 0.893. The SMILES string of the molecule is C=C1C[C@@H](NC(=O)O)[C@@H]2OC(C)(C)O[C@H]12. The predicted octanol–water partition coefficient (Wildman–Crippen LogP) is 1.10. The van der Waals surface area contributed by atoms with Crippen LogP contribution < -0.4 is 5.32 Å². The first kappa shape index (κ1) is 10.4. The van der Waals surface area contributed by atoms with Gasteiger partial charge in [0.1, 0.15) is 12.2 Å². The van der Waals surface area contributed by atoms with E-state index in [9.17, 15) is 4.79 Å².